The zero-order valence-electron chi connectivity index (χ0n) is 25.7. The van der Waals surface area contributed by atoms with Gasteiger partial charge in [-0.05, 0) is 62.5 Å². The number of rotatable bonds is 9. The van der Waals surface area contributed by atoms with Gasteiger partial charge in [-0.2, -0.15) is 0 Å². The molecule has 4 heterocycles. The average Bonchev–Trinajstić information content (AvgIpc) is 3.49. The summed E-state index contributed by atoms with van der Waals surface area (Å²) in [6.07, 6.45) is 0. The van der Waals surface area contributed by atoms with Gasteiger partial charge in [-0.3, -0.25) is 9.69 Å². The molecule has 0 saturated carbocycles. The van der Waals surface area contributed by atoms with Crippen LogP contribution in [-0.2, 0) is 11.3 Å². The Morgan fingerprint density at radius 2 is 1.53 bits per heavy atom. The molecular weight excluding hydrogens is 574 g/mol. The lowest BCUT2D eigenvalue weighted by molar-refractivity contribution is 0.0941. The molecule has 2 aromatic carbocycles. The number of anilines is 3. The van der Waals surface area contributed by atoms with E-state index in [4.69, 9.17) is 14.7 Å². The standard InChI is InChI=1S/C31H39N11O3/c1-3-42-29-26(37-38-42)28(41-18-20-45-21-19-41)35-27(36-29)22-4-8-24(9-5-22)33-31(44)34-25-10-6-23(7-11-25)30(43)32-12-13-40-16-14-39(2)15-17-40/h4-11H,3,12-21H2,1-2H3,(H,32,43)(H2,33,34,44). The van der Waals surface area contributed by atoms with Gasteiger partial charge in [0, 0.05) is 81.4 Å². The van der Waals surface area contributed by atoms with Gasteiger partial charge in [0.05, 0.1) is 13.2 Å². The largest absolute Gasteiger partial charge is 0.378 e. The highest BCUT2D eigenvalue weighted by Crippen LogP contribution is 2.27. The number of fused-ring (bicyclic) bond motifs is 1. The Labute approximate surface area is 261 Å². The quantitative estimate of drug-likeness (QED) is 0.257. The number of ether oxygens (including phenoxy) is 1. The number of piperazine rings is 1. The summed E-state index contributed by atoms with van der Waals surface area (Å²) in [7, 11) is 2.13. The summed E-state index contributed by atoms with van der Waals surface area (Å²) < 4.78 is 7.28. The molecule has 3 N–H and O–H groups in total. The number of aryl methyl sites for hydroxylation is 1. The molecule has 2 aliphatic heterocycles. The van der Waals surface area contributed by atoms with Crippen LogP contribution in [0.1, 0.15) is 17.3 Å². The van der Waals surface area contributed by atoms with Crippen molar-refractivity contribution < 1.29 is 14.3 Å². The van der Waals surface area contributed by atoms with E-state index in [1.165, 1.54) is 0 Å². The van der Waals surface area contributed by atoms with Crippen molar-refractivity contribution in [1.82, 2.24) is 40.1 Å². The molecular formula is C31H39N11O3. The number of urea groups is 1. The van der Waals surface area contributed by atoms with Crippen molar-refractivity contribution in [1.29, 1.82) is 0 Å². The summed E-state index contributed by atoms with van der Waals surface area (Å²) in [5.74, 6) is 1.17. The van der Waals surface area contributed by atoms with Crippen LogP contribution in [0.25, 0.3) is 22.6 Å². The fourth-order valence-corrected chi connectivity index (χ4v) is 5.38. The maximum atomic E-state index is 12.7. The molecule has 14 heteroatoms. The van der Waals surface area contributed by atoms with Gasteiger partial charge in [-0.25, -0.2) is 19.4 Å². The van der Waals surface area contributed by atoms with Crippen LogP contribution in [0.2, 0.25) is 0 Å². The highest BCUT2D eigenvalue weighted by molar-refractivity contribution is 6.00. The first-order chi connectivity index (χ1) is 22.0. The SMILES string of the molecule is CCn1nnc2c(N3CCOCC3)nc(-c3ccc(NC(=O)Nc4ccc(C(=O)NCCN5CCN(C)CC5)cc4)cc3)nc21. The molecule has 2 saturated heterocycles. The number of aromatic nitrogens is 5. The predicted molar refractivity (Wildman–Crippen MR) is 173 cm³/mol. The zero-order valence-corrected chi connectivity index (χ0v) is 25.7. The molecule has 0 unspecified atom stereocenters. The van der Waals surface area contributed by atoms with Crippen molar-refractivity contribution in [3.8, 4) is 11.4 Å². The molecule has 2 aliphatic rings. The summed E-state index contributed by atoms with van der Waals surface area (Å²) in [4.78, 5) is 41.7. The van der Waals surface area contributed by atoms with Crippen LogP contribution in [-0.4, -0.2) is 119 Å². The van der Waals surface area contributed by atoms with E-state index in [0.717, 1.165) is 57.2 Å². The molecule has 2 aromatic heterocycles. The third-order valence-electron chi connectivity index (χ3n) is 8.07. The van der Waals surface area contributed by atoms with Crippen LogP contribution < -0.4 is 20.9 Å². The van der Waals surface area contributed by atoms with Crippen LogP contribution >= 0.6 is 0 Å². The van der Waals surface area contributed by atoms with E-state index in [2.05, 4.69) is 48.0 Å². The summed E-state index contributed by atoms with van der Waals surface area (Å²) in [5, 5.41) is 17.3. The summed E-state index contributed by atoms with van der Waals surface area (Å²) in [6, 6.07) is 13.8. The Hall–Kier alpha value is -4.66. The number of nitrogens with one attached hydrogen (secondary N) is 3. The second-order valence-corrected chi connectivity index (χ2v) is 11.2. The van der Waals surface area contributed by atoms with Crippen molar-refractivity contribution >= 4 is 40.3 Å². The number of nitrogens with zero attached hydrogens (tertiary/aromatic N) is 8. The molecule has 236 valence electrons. The van der Waals surface area contributed by atoms with Crippen LogP contribution in [0.3, 0.4) is 0 Å². The maximum Gasteiger partial charge on any atom is 0.323 e. The number of carbonyl (C=O) groups excluding carboxylic acids is 2. The number of likely N-dealkylation sites (N-methyl/N-ethyl adjacent to an activating group) is 1. The number of morpholine rings is 1. The summed E-state index contributed by atoms with van der Waals surface area (Å²) in [5.41, 5.74) is 3.90. The smallest absolute Gasteiger partial charge is 0.323 e. The fourth-order valence-electron chi connectivity index (χ4n) is 5.38. The van der Waals surface area contributed by atoms with Crippen LogP contribution in [0.5, 0.6) is 0 Å². The van der Waals surface area contributed by atoms with Gasteiger partial charge in [0.25, 0.3) is 5.91 Å². The molecule has 0 aliphatic carbocycles. The first-order valence-electron chi connectivity index (χ1n) is 15.4. The molecule has 0 radical (unpaired) electrons. The van der Waals surface area contributed by atoms with E-state index >= 15 is 0 Å². The first-order valence-corrected chi connectivity index (χ1v) is 15.4. The minimum absolute atomic E-state index is 0.129. The lowest BCUT2D eigenvalue weighted by Gasteiger charge is -2.32. The monoisotopic (exact) mass is 613 g/mol. The number of carbonyl (C=O) groups is 2. The van der Waals surface area contributed by atoms with Gasteiger partial charge in [-0.1, -0.05) is 5.21 Å². The van der Waals surface area contributed by atoms with E-state index < -0.39 is 6.03 Å². The number of hydrogen-bond acceptors (Lipinski definition) is 10. The summed E-state index contributed by atoms with van der Waals surface area (Å²) in [6.45, 7) is 10.9. The summed E-state index contributed by atoms with van der Waals surface area (Å²) >= 11 is 0. The van der Waals surface area contributed by atoms with Gasteiger partial charge >= 0.3 is 6.03 Å². The second-order valence-electron chi connectivity index (χ2n) is 11.2. The van der Waals surface area contributed by atoms with Gasteiger partial charge < -0.3 is 30.5 Å². The van der Waals surface area contributed by atoms with E-state index in [1.807, 2.05) is 31.2 Å². The lowest BCUT2D eigenvalue weighted by Crippen LogP contribution is -2.46. The van der Waals surface area contributed by atoms with Crippen molar-refractivity contribution in [2.75, 3.05) is 88.2 Å². The van der Waals surface area contributed by atoms with Gasteiger partial charge in [0.15, 0.2) is 22.8 Å². The predicted octanol–water partition coefficient (Wildman–Crippen LogP) is 2.37. The van der Waals surface area contributed by atoms with Crippen molar-refractivity contribution in [2.45, 2.75) is 13.5 Å². The Morgan fingerprint density at radius 3 is 2.20 bits per heavy atom. The topological polar surface area (TPSA) is 146 Å². The molecule has 14 nitrogen and oxygen atoms in total. The van der Waals surface area contributed by atoms with E-state index in [9.17, 15) is 9.59 Å². The molecule has 3 amide bonds. The average molecular weight is 614 g/mol. The Balaban J connectivity index is 1.04. The van der Waals surface area contributed by atoms with Gasteiger partial charge in [0.2, 0.25) is 0 Å². The minimum Gasteiger partial charge on any atom is -0.378 e. The highest BCUT2D eigenvalue weighted by Gasteiger charge is 2.22. The molecule has 45 heavy (non-hydrogen) atoms. The minimum atomic E-state index is -0.391. The van der Waals surface area contributed by atoms with Crippen LogP contribution in [0.15, 0.2) is 48.5 Å². The third-order valence-corrected chi connectivity index (χ3v) is 8.07. The fraction of sp³-hybridized carbons (Fsp3) is 0.419. The third kappa shape index (κ3) is 7.36. The Morgan fingerprint density at radius 1 is 0.867 bits per heavy atom. The van der Waals surface area contributed by atoms with Gasteiger partial charge in [0.1, 0.15) is 0 Å². The van der Waals surface area contributed by atoms with Crippen LogP contribution in [0.4, 0.5) is 22.0 Å². The second kappa shape index (κ2) is 14.0. The van der Waals surface area contributed by atoms with E-state index in [-0.39, 0.29) is 5.91 Å². The molecule has 0 atom stereocenters. The lowest BCUT2D eigenvalue weighted by atomic mass is 10.2. The molecule has 2 fully saturated rings. The highest BCUT2D eigenvalue weighted by atomic mass is 16.5. The Kier molecular flexibility index (Phi) is 9.43. The number of benzene rings is 2. The number of hydrogen-bond donors (Lipinski definition) is 3. The van der Waals surface area contributed by atoms with E-state index in [0.29, 0.717) is 60.2 Å². The molecule has 4 aromatic rings. The van der Waals surface area contributed by atoms with Crippen molar-refractivity contribution in [3.05, 3.63) is 54.1 Å². The van der Waals surface area contributed by atoms with Crippen molar-refractivity contribution in [2.24, 2.45) is 0 Å². The van der Waals surface area contributed by atoms with Gasteiger partial charge in [-0.15, -0.1) is 5.10 Å². The van der Waals surface area contributed by atoms with Crippen molar-refractivity contribution in [3.63, 3.8) is 0 Å². The molecule has 0 bridgehead atoms. The normalized spacial score (nSPS) is 16.1. The molecule has 0 spiro atoms. The number of amides is 3. The van der Waals surface area contributed by atoms with E-state index in [1.54, 1.807) is 28.9 Å². The zero-order chi connectivity index (χ0) is 31.2. The maximum absolute atomic E-state index is 12.7. The van der Waals surface area contributed by atoms with Crippen LogP contribution in [0, 0.1) is 0 Å². The Bertz CT molecular complexity index is 1610. The first kappa shape index (κ1) is 30.4. The molecule has 6 rings (SSSR count).